The quantitative estimate of drug-likeness (QED) is 0.501. The summed E-state index contributed by atoms with van der Waals surface area (Å²) in [4.78, 5) is 12.8. The Labute approximate surface area is 165 Å². The lowest BCUT2D eigenvalue weighted by Crippen LogP contribution is -2.33. The molecule has 2 rings (SSSR count). The molecule has 27 heavy (non-hydrogen) atoms. The first-order valence-electron chi connectivity index (χ1n) is 10.6. The van der Waals surface area contributed by atoms with Crippen LogP contribution >= 0.6 is 0 Å². The van der Waals surface area contributed by atoms with Crippen LogP contribution in [0.25, 0.3) is 0 Å². The number of rotatable bonds is 7. The molecule has 0 saturated heterocycles. The van der Waals surface area contributed by atoms with E-state index in [9.17, 15) is 4.79 Å². The van der Waals surface area contributed by atoms with Crippen LogP contribution < -0.4 is 4.74 Å². The van der Waals surface area contributed by atoms with Gasteiger partial charge in [-0.05, 0) is 96.8 Å². The first-order valence-corrected chi connectivity index (χ1v) is 10.6. The van der Waals surface area contributed by atoms with Gasteiger partial charge in [-0.25, -0.2) is 0 Å². The van der Waals surface area contributed by atoms with E-state index in [1.807, 2.05) is 26.0 Å². The monoisotopic (exact) mass is 374 g/mol. The average molecular weight is 375 g/mol. The largest absolute Gasteiger partial charge is 0.488 e. The lowest BCUT2D eigenvalue weighted by atomic mass is 9.78. The Morgan fingerprint density at radius 3 is 2.15 bits per heavy atom. The van der Waals surface area contributed by atoms with Crippen LogP contribution in [0.2, 0.25) is 0 Å². The molecule has 1 aliphatic rings. The number of hydrogen-bond acceptors (Lipinski definition) is 3. The Balaban J connectivity index is 2.00. The van der Waals surface area contributed by atoms with Gasteiger partial charge in [-0.3, -0.25) is 4.79 Å². The maximum absolute atomic E-state index is 12.8. The molecule has 1 atom stereocenters. The van der Waals surface area contributed by atoms with Crippen molar-refractivity contribution >= 4 is 5.97 Å². The molecule has 0 amide bonds. The third-order valence-electron chi connectivity index (χ3n) is 5.40. The van der Waals surface area contributed by atoms with E-state index in [0.29, 0.717) is 5.92 Å². The maximum atomic E-state index is 12.8. The zero-order chi connectivity index (χ0) is 20.1. The number of carbonyl (C=O) groups excluding carboxylic acids is 1. The van der Waals surface area contributed by atoms with Crippen molar-refractivity contribution in [2.45, 2.75) is 104 Å². The molecule has 1 aromatic rings. The van der Waals surface area contributed by atoms with Crippen LogP contribution in [-0.4, -0.2) is 17.7 Å². The molecule has 3 nitrogen and oxygen atoms in total. The lowest BCUT2D eigenvalue weighted by Gasteiger charge is -2.31. The lowest BCUT2D eigenvalue weighted by molar-refractivity contribution is -0.161. The Kier molecular flexibility index (Phi) is 7.36. The summed E-state index contributed by atoms with van der Waals surface area (Å²) < 4.78 is 11.8. The van der Waals surface area contributed by atoms with E-state index in [0.717, 1.165) is 31.4 Å². The van der Waals surface area contributed by atoms with Gasteiger partial charge in [0.2, 0.25) is 0 Å². The van der Waals surface area contributed by atoms with Crippen LogP contribution in [0, 0.1) is 5.41 Å². The molecule has 1 fully saturated rings. The molecular weight excluding hydrogens is 336 g/mol. The van der Waals surface area contributed by atoms with Crippen LogP contribution in [-0.2, 0) is 9.53 Å². The maximum Gasteiger partial charge on any atom is 0.311 e. The highest BCUT2D eigenvalue weighted by Crippen LogP contribution is 2.36. The Morgan fingerprint density at radius 1 is 1.04 bits per heavy atom. The standard InChI is InChI=1S/C24H38O3/c1-7-18(19-13-15-21(16-14-19)27-23(2,3)4)17-24(5,6)22(25)26-20-11-9-8-10-12-20/h13-16,18,20H,7-12,17H2,1-6H3. The highest BCUT2D eigenvalue weighted by molar-refractivity contribution is 5.76. The zero-order valence-electron chi connectivity index (χ0n) is 18.1. The second-order valence-corrected chi connectivity index (χ2v) is 9.64. The van der Waals surface area contributed by atoms with Crippen molar-refractivity contribution in [3.8, 4) is 5.75 Å². The summed E-state index contributed by atoms with van der Waals surface area (Å²) in [6.45, 7) is 12.4. The first kappa shape index (κ1) is 21.8. The normalized spacial score (nSPS) is 17.4. The van der Waals surface area contributed by atoms with E-state index >= 15 is 0 Å². The van der Waals surface area contributed by atoms with Crippen molar-refractivity contribution in [1.29, 1.82) is 0 Å². The summed E-state index contributed by atoms with van der Waals surface area (Å²) in [7, 11) is 0. The summed E-state index contributed by atoms with van der Waals surface area (Å²) >= 11 is 0. The predicted octanol–water partition coefficient (Wildman–Crippen LogP) is 6.65. The van der Waals surface area contributed by atoms with Gasteiger partial charge < -0.3 is 9.47 Å². The highest BCUT2D eigenvalue weighted by atomic mass is 16.5. The van der Waals surface area contributed by atoms with Crippen LogP contribution in [0.5, 0.6) is 5.75 Å². The minimum absolute atomic E-state index is 0.0412. The fraction of sp³-hybridized carbons (Fsp3) is 0.708. The molecule has 0 heterocycles. The summed E-state index contributed by atoms with van der Waals surface area (Å²) in [5.41, 5.74) is 0.590. The first-order chi connectivity index (χ1) is 12.6. The molecule has 0 aliphatic heterocycles. The molecule has 1 unspecified atom stereocenters. The third-order valence-corrected chi connectivity index (χ3v) is 5.40. The second-order valence-electron chi connectivity index (χ2n) is 9.64. The molecule has 1 aliphatic carbocycles. The van der Waals surface area contributed by atoms with Gasteiger partial charge >= 0.3 is 5.97 Å². The second kappa shape index (κ2) is 9.12. The van der Waals surface area contributed by atoms with Crippen LogP contribution in [0.1, 0.15) is 98.0 Å². The Morgan fingerprint density at radius 2 is 1.63 bits per heavy atom. The summed E-state index contributed by atoms with van der Waals surface area (Å²) in [6, 6.07) is 8.35. The summed E-state index contributed by atoms with van der Waals surface area (Å²) in [5.74, 6) is 1.18. The van der Waals surface area contributed by atoms with Gasteiger partial charge in [0.15, 0.2) is 0 Å². The van der Waals surface area contributed by atoms with Crippen molar-refractivity contribution in [3.05, 3.63) is 29.8 Å². The summed E-state index contributed by atoms with van der Waals surface area (Å²) in [6.07, 6.45) is 7.60. The number of hydrogen-bond donors (Lipinski definition) is 0. The molecule has 152 valence electrons. The number of ether oxygens (including phenoxy) is 2. The van der Waals surface area contributed by atoms with Gasteiger partial charge in [-0.2, -0.15) is 0 Å². The predicted molar refractivity (Wildman–Crippen MR) is 111 cm³/mol. The van der Waals surface area contributed by atoms with Gasteiger partial charge in [0, 0.05) is 0 Å². The van der Waals surface area contributed by atoms with Crippen molar-refractivity contribution in [2.75, 3.05) is 0 Å². The molecule has 1 saturated carbocycles. The van der Waals surface area contributed by atoms with Gasteiger partial charge in [-0.1, -0.05) is 25.5 Å². The minimum atomic E-state index is -0.474. The SMILES string of the molecule is CCC(CC(C)(C)C(=O)OC1CCCCC1)c1ccc(OC(C)(C)C)cc1. The molecule has 0 bridgehead atoms. The van der Waals surface area contributed by atoms with Crippen molar-refractivity contribution in [1.82, 2.24) is 0 Å². The number of esters is 1. The van der Waals surface area contributed by atoms with E-state index in [4.69, 9.17) is 9.47 Å². The molecule has 1 aromatic carbocycles. The molecular formula is C24H38O3. The summed E-state index contributed by atoms with van der Waals surface area (Å²) in [5, 5.41) is 0. The van der Waals surface area contributed by atoms with Crippen LogP contribution in [0.3, 0.4) is 0 Å². The molecule has 0 radical (unpaired) electrons. The van der Waals surface area contributed by atoms with E-state index < -0.39 is 5.41 Å². The van der Waals surface area contributed by atoms with Crippen LogP contribution in [0.15, 0.2) is 24.3 Å². The smallest absolute Gasteiger partial charge is 0.311 e. The fourth-order valence-corrected chi connectivity index (χ4v) is 3.85. The van der Waals surface area contributed by atoms with Gasteiger partial charge in [0.25, 0.3) is 0 Å². The molecule has 3 heteroatoms. The van der Waals surface area contributed by atoms with E-state index in [1.54, 1.807) is 0 Å². The molecule has 0 aromatic heterocycles. The number of benzene rings is 1. The average Bonchev–Trinajstić information content (AvgIpc) is 2.60. The highest BCUT2D eigenvalue weighted by Gasteiger charge is 2.34. The fourth-order valence-electron chi connectivity index (χ4n) is 3.85. The Hall–Kier alpha value is -1.51. The van der Waals surface area contributed by atoms with E-state index in [-0.39, 0.29) is 17.7 Å². The van der Waals surface area contributed by atoms with Crippen molar-refractivity contribution < 1.29 is 14.3 Å². The molecule has 0 N–H and O–H groups in total. The zero-order valence-corrected chi connectivity index (χ0v) is 18.1. The van der Waals surface area contributed by atoms with Crippen molar-refractivity contribution in [2.24, 2.45) is 5.41 Å². The number of carbonyl (C=O) groups is 1. The minimum Gasteiger partial charge on any atom is -0.488 e. The third kappa shape index (κ3) is 6.86. The van der Waals surface area contributed by atoms with Gasteiger partial charge in [-0.15, -0.1) is 0 Å². The Bertz CT molecular complexity index is 589. The van der Waals surface area contributed by atoms with E-state index in [2.05, 4.69) is 39.8 Å². The van der Waals surface area contributed by atoms with Gasteiger partial charge in [0.1, 0.15) is 17.5 Å². The topological polar surface area (TPSA) is 35.5 Å². The van der Waals surface area contributed by atoms with E-state index in [1.165, 1.54) is 24.8 Å². The molecule has 0 spiro atoms. The van der Waals surface area contributed by atoms with Crippen molar-refractivity contribution in [3.63, 3.8) is 0 Å². The van der Waals surface area contributed by atoms with Crippen LogP contribution in [0.4, 0.5) is 0 Å². The van der Waals surface area contributed by atoms with Gasteiger partial charge in [0.05, 0.1) is 5.41 Å².